The van der Waals surface area contributed by atoms with Crippen LogP contribution in [0.15, 0.2) is 36.5 Å². The summed E-state index contributed by atoms with van der Waals surface area (Å²) in [6.07, 6.45) is 1.05. The second-order valence-corrected chi connectivity index (χ2v) is 7.48. The van der Waals surface area contributed by atoms with Crippen molar-refractivity contribution in [2.45, 2.75) is 44.9 Å². The summed E-state index contributed by atoms with van der Waals surface area (Å²) in [4.78, 5) is 12.0. The summed E-state index contributed by atoms with van der Waals surface area (Å²) in [5.74, 6) is 1.25. The molecule has 150 valence electrons. The average molecular weight is 399 g/mol. The molecule has 0 aliphatic heterocycles. The molecule has 0 spiro atoms. The van der Waals surface area contributed by atoms with Crippen LogP contribution in [-0.2, 0) is 12.7 Å². The van der Waals surface area contributed by atoms with Gasteiger partial charge in [-0.25, -0.2) is 0 Å². The topological polar surface area (TPSA) is 47.1 Å². The van der Waals surface area contributed by atoms with Gasteiger partial charge < -0.3 is 14.7 Å². The quantitative estimate of drug-likeness (QED) is 0.564. The number of nitrogens with zero attached hydrogens (tertiary/aromatic N) is 4. The third kappa shape index (κ3) is 3.90. The van der Waals surface area contributed by atoms with E-state index in [9.17, 15) is 13.2 Å². The molecule has 1 aromatic carbocycles. The highest BCUT2D eigenvalue weighted by Crippen LogP contribution is 2.33. The summed E-state index contributed by atoms with van der Waals surface area (Å²) in [6.45, 7) is 9.75. The molecule has 2 heterocycles. The molecule has 1 fully saturated rings. The molecule has 4 rings (SSSR count). The van der Waals surface area contributed by atoms with E-state index in [0.29, 0.717) is 23.8 Å². The first-order chi connectivity index (χ1) is 13.8. The molecular weight excluding hydrogens is 379 g/mol. The van der Waals surface area contributed by atoms with E-state index in [4.69, 9.17) is 6.57 Å². The van der Waals surface area contributed by atoms with Gasteiger partial charge in [0.15, 0.2) is 5.52 Å². The van der Waals surface area contributed by atoms with Crippen LogP contribution in [0.3, 0.4) is 0 Å². The van der Waals surface area contributed by atoms with Gasteiger partial charge in [-0.05, 0) is 49.4 Å². The fourth-order valence-electron chi connectivity index (χ4n) is 3.65. The zero-order valence-corrected chi connectivity index (χ0v) is 15.9. The Labute approximate surface area is 166 Å². The molecule has 1 aliphatic rings. The predicted octanol–water partition coefficient (Wildman–Crippen LogP) is 5.65. The van der Waals surface area contributed by atoms with E-state index >= 15 is 0 Å². The minimum atomic E-state index is -4.35. The fraction of sp³-hybridized carbons (Fsp3) is 0.381. The van der Waals surface area contributed by atoms with Gasteiger partial charge in [-0.2, -0.15) is 13.2 Å². The van der Waals surface area contributed by atoms with Crippen molar-refractivity contribution >= 4 is 22.8 Å². The number of alkyl halides is 3. The van der Waals surface area contributed by atoms with Crippen LogP contribution in [-0.4, -0.2) is 20.6 Å². The van der Waals surface area contributed by atoms with Crippen LogP contribution in [0.25, 0.3) is 15.9 Å². The molecule has 1 aliphatic carbocycles. The highest BCUT2D eigenvalue weighted by molar-refractivity contribution is 5.88. The molecule has 1 saturated carbocycles. The standard InChI is InChI=1S/C21H20F3N5/c1-13(15-4-3-5-15)26-19-18-17(27-20(25-2)28-19)10-11-29(18)12-14-6-8-16(9-7-14)21(22,23)24/h6-11,13,15H,3-5,12H2,1H3,(H,26,27,28)/t13-/m1/s1. The van der Waals surface area contributed by atoms with Crippen LogP contribution in [0.5, 0.6) is 0 Å². The van der Waals surface area contributed by atoms with Crippen molar-refractivity contribution in [2.24, 2.45) is 5.92 Å². The Morgan fingerprint density at radius 3 is 2.52 bits per heavy atom. The number of hydrogen-bond acceptors (Lipinski definition) is 3. The van der Waals surface area contributed by atoms with Crippen LogP contribution in [0.1, 0.15) is 37.3 Å². The summed E-state index contributed by atoms with van der Waals surface area (Å²) in [7, 11) is 0. The van der Waals surface area contributed by atoms with Crippen molar-refractivity contribution in [3.05, 3.63) is 59.1 Å². The van der Waals surface area contributed by atoms with Crippen molar-refractivity contribution in [3.63, 3.8) is 0 Å². The van der Waals surface area contributed by atoms with E-state index in [2.05, 4.69) is 27.1 Å². The molecule has 0 unspecified atom stereocenters. The van der Waals surface area contributed by atoms with Crippen LogP contribution < -0.4 is 5.32 Å². The maximum Gasteiger partial charge on any atom is 0.416 e. The molecule has 0 saturated heterocycles. The number of nitrogens with one attached hydrogen (secondary N) is 1. The lowest BCUT2D eigenvalue weighted by Gasteiger charge is -2.31. The van der Waals surface area contributed by atoms with E-state index < -0.39 is 11.7 Å². The lowest BCUT2D eigenvalue weighted by atomic mass is 9.80. The number of anilines is 1. The van der Waals surface area contributed by atoms with Gasteiger partial charge >= 0.3 is 12.1 Å². The third-order valence-electron chi connectivity index (χ3n) is 5.55. The van der Waals surface area contributed by atoms with Gasteiger partial charge in [-0.3, -0.25) is 0 Å². The van der Waals surface area contributed by atoms with Crippen LogP contribution in [0.2, 0.25) is 0 Å². The van der Waals surface area contributed by atoms with Crippen LogP contribution >= 0.6 is 0 Å². The lowest BCUT2D eigenvalue weighted by molar-refractivity contribution is -0.137. The molecule has 0 radical (unpaired) electrons. The van der Waals surface area contributed by atoms with Crippen molar-refractivity contribution in [3.8, 4) is 0 Å². The average Bonchev–Trinajstić information content (AvgIpc) is 3.02. The molecule has 3 aromatic rings. The Morgan fingerprint density at radius 1 is 1.21 bits per heavy atom. The van der Waals surface area contributed by atoms with Crippen molar-refractivity contribution in [1.29, 1.82) is 0 Å². The number of aromatic nitrogens is 3. The zero-order chi connectivity index (χ0) is 20.6. The number of hydrogen-bond donors (Lipinski definition) is 1. The van der Waals surface area contributed by atoms with Crippen molar-refractivity contribution in [1.82, 2.24) is 14.5 Å². The van der Waals surface area contributed by atoms with E-state index in [1.165, 1.54) is 31.4 Å². The number of fused-ring (bicyclic) bond motifs is 1. The molecule has 1 N–H and O–H groups in total. The Bertz CT molecular complexity index is 1060. The highest BCUT2D eigenvalue weighted by Gasteiger charge is 2.30. The largest absolute Gasteiger partial charge is 0.416 e. The van der Waals surface area contributed by atoms with E-state index in [1.54, 1.807) is 6.07 Å². The Morgan fingerprint density at radius 2 is 1.93 bits per heavy atom. The zero-order valence-electron chi connectivity index (χ0n) is 15.9. The van der Waals surface area contributed by atoms with Gasteiger partial charge in [0.1, 0.15) is 5.52 Å². The maximum absolute atomic E-state index is 12.8. The molecule has 29 heavy (non-hydrogen) atoms. The molecule has 2 aromatic heterocycles. The monoisotopic (exact) mass is 399 g/mol. The van der Waals surface area contributed by atoms with Gasteiger partial charge in [0.25, 0.3) is 0 Å². The fourth-order valence-corrected chi connectivity index (χ4v) is 3.65. The molecule has 1 atom stereocenters. The Hall–Kier alpha value is -3.08. The molecule has 8 heteroatoms. The predicted molar refractivity (Wildman–Crippen MR) is 105 cm³/mol. The molecular formula is C21H20F3N5. The molecule has 0 amide bonds. The highest BCUT2D eigenvalue weighted by atomic mass is 19.4. The van der Waals surface area contributed by atoms with Gasteiger partial charge in [-0.1, -0.05) is 18.6 Å². The summed E-state index contributed by atoms with van der Waals surface area (Å²) >= 11 is 0. The lowest BCUT2D eigenvalue weighted by Crippen LogP contribution is -2.31. The first-order valence-corrected chi connectivity index (χ1v) is 9.52. The number of benzene rings is 1. The summed E-state index contributed by atoms with van der Waals surface area (Å²) in [6, 6.07) is 7.16. The Balaban J connectivity index is 1.66. The van der Waals surface area contributed by atoms with Crippen LogP contribution in [0, 0.1) is 12.5 Å². The number of halogens is 3. The first-order valence-electron chi connectivity index (χ1n) is 9.52. The van der Waals surface area contributed by atoms with Crippen LogP contribution in [0.4, 0.5) is 24.9 Å². The van der Waals surface area contributed by atoms with E-state index in [-0.39, 0.29) is 12.0 Å². The van der Waals surface area contributed by atoms with Gasteiger partial charge in [0.05, 0.1) is 5.56 Å². The van der Waals surface area contributed by atoms with Gasteiger partial charge in [0, 0.05) is 18.8 Å². The molecule has 5 nitrogen and oxygen atoms in total. The maximum atomic E-state index is 12.8. The third-order valence-corrected chi connectivity index (χ3v) is 5.55. The normalized spacial score (nSPS) is 15.7. The summed E-state index contributed by atoms with van der Waals surface area (Å²) < 4.78 is 40.3. The van der Waals surface area contributed by atoms with Gasteiger partial charge in [-0.15, -0.1) is 16.5 Å². The minimum absolute atomic E-state index is 0.0769. The second-order valence-electron chi connectivity index (χ2n) is 7.48. The first kappa shape index (κ1) is 19.2. The second kappa shape index (κ2) is 7.39. The SMILES string of the molecule is [C-]#[N+]c1nc(N[C@H](C)C2CCC2)c2c(ccn2Cc2ccc(C(F)(F)F)cc2)n1. The van der Waals surface area contributed by atoms with E-state index in [0.717, 1.165) is 23.2 Å². The minimum Gasteiger partial charge on any atom is -0.394 e. The molecule has 0 bridgehead atoms. The smallest absolute Gasteiger partial charge is 0.394 e. The van der Waals surface area contributed by atoms with Crippen molar-refractivity contribution < 1.29 is 13.2 Å². The number of rotatable bonds is 5. The van der Waals surface area contributed by atoms with Crippen molar-refractivity contribution in [2.75, 3.05) is 5.32 Å². The van der Waals surface area contributed by atoms with Gasteiger partial charge in [0.2, 0.25) is 5.82 Å². The Kier molecular flexibility index (Phi) is 4.91. The summed E-state index contributed by atoms with van der Waals surface area (Å²) in [5.41, 5.74) is 1.47. The summed E-state index contributed by atoms with van der Waals surface area (Å²) in [5, 5.41) is 3.44. The van der Waals surface area contributed by atoms with E-state index in [1.807, 2.05) is 10.8 Å².